The van der Waals surface area contributed by atoms with Crippen LogP contribution in [0.2, 0.25) is 0 Å². The number of rotatable bonds is 0. The van der Waals surface area contributed by atoms with Crippen LogP contribution in [0.3, 0.4) is 0 Å². The molecular weight excluding hydrogens is 349 g/mol. The van der Waals surface area contributed by atoms with Crippen molar-refractivity contribution in [1.29, 1.82) is 0 Å². The maximum atomic E-state index is 2.34. The van der Waals surface area contributed by atoms with Crippen LogP contribution in [-0.4, -0.2) is 0 Å². The van der Waals surface area contributed by atoms with Gasteiger partial charge in [0.05, 0.1) is 0 Å². The Morgan fingerprint density at radius 3 is 1.77 bits per heavy atom. The zero-order chi connectivity index (χ0) is 15.7. The fourth-order valence-corrected chi connectivity index (χ4v) is 5.19. The van der Waals surface area contributed by atoms with Gasteiger partial charge >= 0.3 is 0 Å². The third-order valence-electron chi connectivity index (χ3n) is 3.55. The van der Waals surface area contributed by atoms with E-state index in [-0.39, 0.29) is 16.8 Å². The van der Waals surface area contributed by atoms with Crippen molar-refractivity contribution in [2.45, 2.75) is 41.5 Å². The molecule has 0 nitrogen and oxygen atoms in total. The molecule has 3 heteroatoms. The number of fused-ring (bicyclic) bond motifs is 1. The number of hydrogen-bond acceptors (Lipinski definition) is 0. The summed E-state index contributed by atoms with van der Waals surface area (Å²) >= 11 is 0. The van der Waals surface area contributed by atoms with Crippen molar-refractivity contribution in [3.63, 3.8) is 0 Å². The van der Waals surface area contributed by atoms with Crippen molar-refractivity contribution >= 4 is 17.2 Å². The van der Waals surface area contributed by atoms with Crippen molar-refractivity contribution in [3.8, 4) is 11.1 Å². The average Bonchev–Trinajstić information content (AvgIpc) is 2.70. The normalized spacial score (nSPS) is 18.6. The van der Waals surface area contributed by atoms with E-state index in [0.717, 1.165) is 17.2 Å². The van der Waals surface area contributed by atoms with Crippen LogP contribution in [0, 0.1) is 21.6 Å². The Bertz CT molecular complexity index is 482. The van der Waals surface area contributed by atoms with Crippen LogP contribution < -0.4 is 0 Å². The van der Waals surface area contributed by atoms with Crippen LogP contribution in [0.25, 0.3) is 11.1 Å². The molecule has 0 atom stereocenters. The minimum absolute atomic E-state index is 0. The van der Waals surface area contributed by atoms with Gasteiger partial charge in [0, 0.05) is 16.8 Å². The minimum Gasteiger partial charge on any atom is -0.438 e. The fourth-order valence-electron chi connectivity index (χ4n) is 2.07. The maximum absolute atomic E-state index is 2.34. The van der Waals surface area contributed by atoms with Crippen molar-refractivity contribution in [3.05, 3.63) is 53.3 Å². The zero-order valence-electron chi connectivity index (χ0n) is 14.4. The van der Waals surface area contributed by atoms with E-state index in [4.69, 9.17) is 0 Å². The summed E-state index contributed by atoms with van der Waals surface area (Å²) in [6.45, 7) is 14.0. The SMILES string of the molecule is CC(C)(C)[C-]1P[C-](C(C)(C)C)P1.[Co].c1cc2cc[cH-]cc-2c1. The first-order valence-corrected chi connectivity index (χ1v) is 9.57. The van der Waals surface area contributed by atoms with Crippen molar-refractivity contribution in [1.82, 2.24) is 0 Å². The summed E-state index contributed by atoms with van der Waals surface area (Å²) in [5, 5.41) is 3.57. The first-order valence-electron chi connectivity index (χ1n) is 7.57. The Morgan fingerprint density at radius 2 is 1.32 bits per heavy atom. The quantitative estimate of drug-likeness (QED) is 0.345. The van der Waals surface area contributed by atoms with Crippen LogP contribution in [0.4, 0.5) is 0 Å². The van der Waals surface area contributed by atoms with Gasteiger partial charge in [-0.3, -0.25) is 0 Å². The van der Waals surface area contributed by atoms with Crippen molar-refractivity contribution in [2.75, 3.05) is 0 Å². The summed E-state index contributed by atoms with van der Waals surface area (Å²) in [5.41, 5.74) is 3.59. The molecule has 3 aliphatic rings. The summed E-state index contributed by atoms with van der Waals surface area (Å²) < 4.78 is 0. The average molecular weight is 376 g/mol. The van der Waals surface area contributed by atoms with Gasteiger partial charge in [0.2, 0.25) is 0 Å². The van der Waals surface area contributed by atoms with Crippen LogP contribution in [0.5, 0.6) is 0 Å². The Balaban J connectivity index is 0.000000217. The molecule has 0 saturated carbocycles. The molecule has 1 saturated heterocycles. The van der Waals surface area contributed by atoms with E-state index in [1.165, 1.54) is 11.1 Å². The van der Waals surface area contributed by atoms with Crippen molar-refractivity contribution in [2.24, 2.45) is 10.8 Å². The van der Waals surface area contributed by atoms with E-state index in [1.807, 2.05) is 0 Å². The van der Waals surface area contributed by atoms with Gasteiger partial charge in [0.1, 0.15) is 0 Å². The summed E-state index contributed by atoms with van der Waals surface area (Å²) in [6, 6.07) is 14.7. The Morgan fingerprint density at radius 1 is 0.818 bits per heavy atom. The predicted octanol–water partition coefficient (Wildman–Crippen LogP) is 6.94. The van der Waals surface area contributed by atoms with Gasteiger partial charge in [0.15, 0.2) is 0 Å². The largest absolute Gasteiger partial charge is 0.438 e. The fraction of sp³-hybridized carbons (Fsp3) is 0.421. The second kappa shape index (κ2) is 7.85. The molecule has 1 fully saturated rings. The van der Waals surface area contributed by atoms with Gasteiger partial charge < -0.3 is 28.0 Å². The zero-order valence-corrected chi connectivity index (χ0v) is 17.4. The van der Waals surface area contributed by atoms with Crippen LogP contribution >= 0.6 is 17.2 Å². The Labute approximate surface area is 150 Å². The Kier molecular flexibility index (Phi) is 7.22. The number of benzene rings is 1. The molecule has 1 heterocycles. The van der Waals surface area contributed by atoms with E-state index in [2.05, 4.69) is 84.0 Å². The van der Waals surface area contributed by atoms with Crippen molar-refractivity contribution < 1.29 is 16.8 Å². The third-order valence-corrected chi connectivity index (χ3v) is 9.05. The number of hydrogen-bond donors (Lipinski definition) is 0. The van der Waals surface area contributed by atoms with E-state index in [1.54, 1.807) is 10.8 Å². The van der Waals surface area contributed by atoms with Crippen LogP contribution in [0.15, 0.2) is 42.5 Å². The molecule has 1 radical (unpaired) electrons. The minimum atomic E-state index is 0. The molecule has 0 aromatic carbocycles. The molecule has 0 unspecified atom stereocenters. The molecule has 3 rings (SSSR count). The predicted molar refractivity (Wildman–Crippen MR) is 101 cm³/mol. The second-order valence-electron chi connectivity index (χ2n) is 7.65. The van der Waals surface area contributed by atoms with Gasteiger partial charge in [-0.25, -0.2) is 0 Å². The summed E-state index contributed by atoms with van der Waals surface area (Å²) in [5.74, 6) is 0. The first kappa shape index (κ1) is 20.2. The molecule has 0 bridgehead atoms. The van der Waals surface area contributed by atoms with Gasteiger partial charge in [-0.2, -0.15) is 35.1 Å². The van der Waals surface area contributed by atoms with Crippen LogP contribution in [0.1, 0.15) is 41.5 Å². The molecule has 22 heavy (non-hydrogen) atoms. The molecule has 0 spiro atoms. The molecule has 1 aliphatic heterocycles. The van der Waals surface area contributed by atoms with Gasteiger partial charge in [-0.15, -0.1) is 17.2 Å². The molecule has 0 N–H and O–H groups in total. The molecule has 2 aliphatic carbocycles. The van der Waals surface area contributed by atoms with Crippen LogP contribution in [-0.2, 0) is 16.8 Å². The van der Waals surface area contributed by atoms with E-state index in [9.17, 15) is 0 Å². The first-order chi connectivity index (χ1) is 9.68. The Hall–Kier alpha value is 0.196. The molecule has 0 aromatic rings. The molecular formula is C19H27CoP2-3. The molecule has 0 aromatic heterocycles. The van der Waals surface area contributed by atoms with E-state index in [0.29, 0.717) is 10.8 Å². The summed E-state index contributed by atoms with van der Waals surface area (Å²) in [7, 11) is 2.10. The monoisotopic (exact) mass is 376 g/mol. The van der Waals surface area contributed by atoms with Gasteiger partial charge in [0.25, 0.3) is 0 Å². The topological polar surface area (TPSA) is 0 Å². The summed E-state index contributed by atoms with van der Waals surface area (Å²) in [6.07, 6.45) is 0. The molecule has 125 valence electrons. The second-order valence-corrected chi connectivity index (χ2v) is 11.2. The third kappa shape index (κ3) is 5.38. The van der Waals surface area contributed by atoms with Gasteiger partial charge in [-0.05, 0) is 0 Å². The summed E-state index contributed by atoms with van der Waals surface area (Å²) in [4.78, 5) is 0. The van der Waals surface area contributed by atoms with E-state index >= 15 is 0 Å². The standard InChI is InChI=1S/C10H20P2.C9H7.Co/c1-9(2,3)7-11-8(12-7)10(4,5)6;1-2-5-9-7-3-6-8(9)4-1;/h11-12H,1-6H3;1-7H;/q-2;-1;. The van der Waals surface area contributed by atoms with E-state index < -0.39 is 0 Å². The van der Waals surface area contributed by atoms with Gasteiger partial charge in [-0.1, -0.05) is 53.7 Å². The molecule has 0 amide bonds. The maximum Gasteiger partial charge on any atom is 0 e. The smallest absolute Gasteiger partial charge is 0 e.